The molecule has 1 unspecified atom stereocenters. The Morgan fingerprint density at radius 2 is 1.66 bits per heavy atom. The number of aliphatic imine (C=N–C) groups is 1. The zero-order chi connectivity index (χ0) is 28.5. The lowest BCUT2D eigenvalue weighted by Crippen LogP contribution is -2.43. The van der Waals surface area contributed by atoms with Gasteiger partial charge in [-0.3, -0.25) is 9.59 Å². The number of carbonyl (C=O) groups is 2. The van der Waals surface area contributed by atoms with Gasteiger partial charge in [-0.05, 0) is 73.4 Å². The van der Waals surface area contributed by atoms with Crippen LogP contribution in [0, 0.1) is 13.8 Å². The van der Waals surface area contributed by atoms with Crippen LogP contribution in [0.4, 0.5) is 11.4 Å². The number of anilines is 2. The summed E-state index contributed by atoms with van der Waals surface area (Å²) in [6.45, 7) is 6.79. The lowest BCUT2D eigenvalue weighted by atomic mass is 9.93. The van der Waals surface area contributed by atoms with Gasteiger partial charge in [0.05, 0.1) is 17.3 Å². The molecule has 2 aliphatic rings. The summed E-state index contributed by atoms with van der Waals surface area (Å²) >= 11 is 1.73. The van der Waals surface area contributed by atoms with E-state index in [-0.39, 0.29) is 17.9 Å². The van der Waals surface area contributed by atoms with Gasteiger partial charge in [0, 0.05) is 29.2 Å². The number of fused-ring (bicyclic) bond motifs is 2. The number of carbonyl (C=O) groups excluding carboxylic acids is 2. The number of amides is 2. The van der Waals surface area contributed by atoms with E-state index in [0.29, 0.717) is 16.8 Å². The predicted molar refractivity (Wildman–Crippen MR) is 170 cm³/mol. The molecular weight excluding hydrogens is 528 g/mol. The molecule has 0 bridgehead atoms. The van der Waals surface area contributed by atoms with Crippen molar-refractivity contribution in [3.05, 3.63) is 118 Å². The first kappa shape index (κ1) is 26.8. The maximum absolute atomic E-state index is 13.8. The highest BCUT2D eigenvalue weighted by molar-refractivity contribution is 8.13. The van der Waals surface area contributed by atoms with E-state index < -0.39 is 0 Å². The van der Waals surface area contributed by atoms with Crippen LogP contribution in [-0.4, -0.2) is 34.2 Å². The van der Waals surface area contributed by atoms with Crippen molar-refractivity contribution in [2.75, 3.05) is 22.9 Å². The molecule has 2 aliphatic heterocycles. The van der Waals surface area contributed by atoms with Crippen molar-refractivity contribution in [1.82, 2.24) is 4.90 Å². The lowest BCUT2D eigenvalue weighted by Gasteiger charge is -2.41. The number of benzene rings is 4. The van der Waals surface area contributed by atoms with Crippen LogP contribution < -0.4 is 10.6 Å². The Morgan fingerprint density at radius 1 is 0.878 bits per heavy atom. The summed E-state index contributed by atoms with van der Waals surface area (Å²) in [5.74, 6) is 0.711. The Hall–Kier alpha value is -4.36. The molecular formula is C34H32N4O2S. The molecule has 0 aliphatic carbocycles. The zero-order valence-corrected chi connectivity index (χ0v) is 24.2. The van der Waals surface area contributed by atoms with Crippen molar-refractivity contribution in [2.24, 2.45) is 4.99 Å². The fourth-order valence-electron chi connectivity index (χ4n) is 5.62. The average Bonchev–Trinajstić information content (AvgIpc) is 2.98. The number of nitrogens with one attached hydrogen (secondary N) is 2. The largest absolute Gasteiger partial charge is 0.340 e. The quantitative estimate of drug-likeness (QED) is 0.266. The molecule has 2 heterocycles. The van der Waals surface area contributed by atoms with Crippen molar-refractivity contribution in [3.8, 4) is 0 Å². The fourth-order valence-corrected chi connectivity index (χ4v) is 6.64. The number of allylic oxidation sites excluding steroid dienone is 1. The summed E-state index contributed by atoms with van der Waals surface area (Å²) in [6.07, 6.45) is 1.02. The lowest BCUT2D eigenvalue weighted by molar-refractivity contribution is -0.113. The van der Waals surface area contributed by atoms with Crippen LogP contribution >= 0.6 is 11.8 Å². The smallest absolute Gasteiger partial charge is 0.256 e. The fraction of sp³-hybridized carbons (Fsp3) is 0.206. The van der Waals surface area contributed by atoms with Crippen molar-refractivity contribution in [3.63, 3.8) is 0 Å². The number of thioether (sulfide) groups is 1. The Bertz CT molecular complexity index is 1720. The summed E-state index contributed by atoms with van der Waals surface area (Å²) in [5.41, 5.74) is 6.66. The van der Waals surface area contributed by atoms with Gasteiger partial charge in [0.15, 0.2) is 5.17 Å². The minimum absolute atomic E-state index is 0.147. The van der Waals surface area contributed by atoms with Gasteiger partial charge in [0.25, 0.3) is 11.8 Å². The number of nitrogens with zero attached hydrogens (tertiary/aromatic N) is 2. The second-order valence-electron chi connectivity index (χ2n) is 10.6. The standard InChI is InChI=1S/C34H32N4O2S/c1-21-12-17-29(22(2)20-21)37-33(40)30-23(3)35-34-38(18-7-19-41-34)31(30)25-13-15-26(16-14-25)36-32(39)28-11-6-9-24-8-4-5-10-27(24)28/h4-6,8-17,20,31H,7,18-19H2,1-3H3,(H,36,39)(H,37,40). The van der Waals surface area contributed by atoms with Gasteiger partial charge in [0.1, 0.15) is 0 Å². The van der Waals surface area contributed by atoms with Crippen LogP contribution in [0.25, 0.3) is 10.8 Å². The number of aryl methyl sites for hydroxylation is 2. The summed E-state index contributed by atoms with van der Waals surface area (Å²) in [4.78, 5) is 34.1. The van der Waals surface area contributed by atoms with Crippen LogP contribution in [0.2, 0.25) is 0 Å². The van der Waals surface area contributed by atoms with Crippen molar-refractivity contribution in [1.29, 1.82) is 0 Å². The predicted octanol–water partition coefficient (Wildman–Crippen LogP) is 7.47. The van der Waals surface area contributed by atoms with Gasteiger partial charge in [0.2, 0.25) is 0 Å². The van der Waals surface area contributed by atoms with E-state index in [1.165, 1.54) is 0 Å². The van der Waals surface area contributed by atoms with E-state index in [0.717, 1.165) is 62.7 Å². The molecule has 206 valence electrons. The average molecular weight is 561 g/mol. The topological polar surface area (TPSA) is 73.8 Å². The van der Waals surface area contributed by atoms with E-state index in [1.54, 1.807) is 11.8 Å². The van der Waals surface area contributed by atoms with E-state index in [4.69, 9.17) is 4.99 Å². The van der Waals surface area contributed by atoms with Gasteiger partial charge in [-0.2, -0.15) is 0 Å². The third-order valence-corrected chi connectivity index (χ3v) is 8.73. The minimum atomic E-state index is -0.274. The van der Waals surface area contributed by atoms with Gasteiger partial charge in [-0.25, -0.2) is 4.99 Å². The van der Waals surface area contributed by atoms with Gasteiger partial charge in [-0.15, -0.1) is 0 Å². The van der Waals surface area contributed by atoms with E-state index in [9.17, 15) is 9.59 Å². The Kier molecular flexibility index (Phi) is 7.37. The summed E-state index contributed by atoms with van der Waals surface area (Å²) in [7, 11) is 0. The van der Waals surface area contributed by atoms with Crippen molar-refractivity contribution in [2.45, 2.75) is 33.2 Å². The molecule has 2 amide bonds. The van der Waals surface area contributed by atoms with Crippen LogP contribution in [0.3, 0.4) is 0 Å². The molecule has 1 saturated heterocycles. The number of hydrogen-bond donors (Lipinski definition) is 2. The van der Waals surface area contributed by atoms with Crippen LogP contribution in [-0.2, 0) is 4.79 Å². The summed E-state index contributed by atoms with van der Waals surface area (Å²) in [6, 6.07) is 27.2. The van der Waals surface area contributed by atoms with E-state index >= 15 is 0 Å². The molecule has 7 heteroatoms. The highest BCUT2D eigenvalue weighted by atomic mass is 32.2. The maximum Gasteiger partial charge on any atom is 0.256 e. The van der Waals surface area contributed by atoms with E-state index in [1.807, 2.05) is 99.6 Å². The normalized spacial score (nSPS) is 16.7. The first-order chi connectivity index (χ1) is 19.9. The second kappa shape index (κ2) is 11.3. The molecule has 2 N–H and O–H groups in total. The molecule has 4 aromatic rings. The van der Waals surface area contributed by atoms with Gasteiger partial charge < -0.3 is 15.5 Å². The molecule has 0 aromatic heterocycles. The molecule has 0 radical (unpaired) electrons. The summed E-state index contributed by atoms with van der Waals surface area (Å²) < 4.78 is 0. The molecule has 0 spiro atoms. The van der Waals surface area contributed by atoms with Crippen LogP contribution in [0.15, 0.2) is 101 Å². The highest BCUT2D eigenvalue weighted by Crippen LogP contribution is 2.40. The Labute approximate surface area is 244 Å². The van der Waals surface area contributed by atoms with E-state index in [2.05, 4.69) is 21.6 Å². The molecule has 1 fully saturated rings. The van der Waals surface area contributed by atoms with Crippen LogP contribution in [0.1, 0.15) is 46.4 Å². The third kappa shape index (κ3) is 5.37. The summed E-state index contributed by atoms with van der Waals surface area (Å²) in [5, 5.41) is 9.10. The maximum atomic E-state index is 13.8. The Morgan fingerprint density at radius 3 is 2.46 bits per heavy atom. The van der Waals surface area contributed by atoms with Crippen LogP contribution in [0.5, 0.6) is 0 Å². The molecule has 0 saturated carbocycles. The molecule has 1 atom stereocenters. The number of rotatable bonds is 5. The molecule has 4 aromatic carbocycles. The van der Waals surface area contributed by atoms with Crippen molar-refractivity contribution < 1.29 is 9.59 Å². The SMILES string of the molecule is CC1=C(C(=O)Nc2ccc(C)cc2C)C(c2ccc(NC(=O)c3cccc4ccccc34)cc2)N2CCCSC2=N1. The number of hydrogen-bond acceptors (Lipinski definition) is 5. The molecule has 6 rings (SSSR count). The molecule has 6 nitrogen and oxygen atoms in total. The molecule has 41 heavy (non-hydrogen) atoms. The van der Waals surface area contributed by atoms with Gasteiger partial charge in [-0.1, -0.05) is 78.0 Å². The van der Waals surface area contributed by atoms with Crippen molar-refractivity contribution >= 4 is 50.9 Å². The Balaban J connectivity index is 1.29. The zero-order valence-electron chi connectivity index (χ0n) is 23.4. The monoisotopic (exact) mass is 560 g/mol. The minimum Gasteiger partial charge on any atom is -0.340 e. The highest BCUT2D eigenvalue weighted by Gasteiger charge is 2.37. The first-order valence-corrected chi connectivity index (χ1v) is 14.8. The van der Waals surface area contributed by atoms with Gasteiger partial charge >= 0.3 is 0 Å². The number of amidine groups is 1. The second-order valence-corrected chi connectivity index (χ2v) is 11.6. The first-order valence-electron chi connectivity index (χ1n) is 13.9. The third-order valence-electron chi connectivity index (χ3n) is 7.65.